The van der Waals surface area contributed by atoms with Crippen LogP contribution in [0, 0.1) is 20.3 Å². The smallest absolute Gasteiger partial charge is 0.0648 e. The first kappa shape index (κ1) is 12.0. The maximum absolute atomic E-state index is 8.73. The Hall–Kier alpha value is -0.470. The van der Waals surface area contributed by atoms with Gasteiger partial charge >= 0.3 is 0 Å². The van der Waals surface area contributed by atoms with Crippen LogP contribution in [0.1, 0.15) is 19.3 Å². The third-order valence-corrected chi connectivity index (χ3v) is 3.98. The molecule has 0 spiro atoms. The molecule has 0 bridgehead atoms. The third-order valence-electron chi connectivity index (χ3n) is 3.00. The Morgan fingerprint density at radius 1 is 1.50 bits per heavy atom. The summed E-state index contributed by atoms with van der Waals surface area (Å²) in [5, 5.41) is 12.8. The van der Waals surface area contributed by atoms with Crippen LogP contribution in [0.15, 0.2) is 18.2 Å². The Bertz CT molecular complexity index is 435. The average molecular weight is 347 g/mol. The molecule has 0 saturated heterocycles. The second kappa shape index (κ2) is 4.80. The number of anilines is 1. The minimum atomic E-state index is 0.209. The molecule has 2 nitrogen and oxygen atoms in total. The Morgan fingerprint density at radius 3 is 2.81 bits per heavy atom. The molecule has 1 saturated carbocycles. The summed E-state index contributed by atoms with van der Waals surface area (Å²) < 4.78 is 1.13. The van der Waals surface area contributed by atoms with Gasteiger partial charge in [-0.05, 0) is 53.6 Å². The van der Waals surface area contributed by atoms with Gasteiger partial charge < -0.3 is 5.32 Å². The van der Waals surface area contributed by atoms with Crippen molar-refractivity contribution < 1.29 is 0 Å². The van der Waals surface area contributed by atoms with E-state index in [9.17, 15) is 0 Å². The Labute approximate surface area is 114 Å². The van der Waals surface area contributed by atoms with E-state index in [0.717, 1.165) is 33.7 Å². The first-order valence-corrected chi connectivity index (χ1v) is 6.67. The zero-order valence-electron chi connectivity index (χ0n) is 8.76. The molecule has 1 fully saturated rings. The van der Waals surface area contributed by atoms with E-state index in [1.54, 1.807) is 0 Å². The highest BCUT2D eigenvalue weighted by atomic mass is 127. The zero-order valence-corrected chi connectivity index (χ0v) is 11.7. The summed E-state index contributed by atoms with van der Waals surface area (Å²) in [6, 6.07) is 8.21. The molecule has 2 rings (SSSR count). The maximum Gasteiger partial charge on any atom is 0.0648 e. The van der Waals surface area contributed by atoms with E-state index in [-0.39, 0.29) is 5.41 Å². The number of hydrogen-bond donors (Lipinski definition) is 1. The van der Waals surface area contributed by atoms with Crippen LogP contribution in [0.2, 0.25) is 5.02 Å². The van der Waals surface area contributed by atoms with Gasteiger partial charge in [-0.3, -0.25) is 0 Å². The fourth-order valence-corrected chi connectivity index (χ4v) is 2.60. The summed E-state index contributed by atoms with van der Waals surface area (Å²) >= 11 is 8.36. The maximum atomic E-state index is 8.73. The van der Waals surface area contributed by atoms with Crippen molar-refractivity contribution in [2.45, 2.75) is 19.3 Å². The van der Waals surface area contributed by atoms with Crippen LogP contribution in [-0.2, 0) is 0 Å². The molecule has 0 unspecified atom stereocenters. The molecule has 0 heterocycles. The Kier molecular flexibility index (Phi) is 3.60. The second-order valence-corrected chi connectivity index (χ2v) is 5.97. The van der Waals surface area contributed by atoms with Gasteiger partial charge in [0.15, 0.2) is 0 Å². The Morgan fingerprint density at radius 2 is 2.25 bits per heavy atom. The van der Waals surface area contributed by atoms with Gasteiger partial charge in [-0.1, -0.05) is 11.6 Å². The van der Waals surface area contributed by atoms with Crippen LogP contribution in [0.5, 0.6) is 0 Å². The van der Waals surface area contributed by atoms with Gasteiger partial charge in [-0.15, -0.1) is 0 Å². The normalized spacial score (nSPS) is 16.6. The van der Waals surface area contributed by atoms with Crippen molar-refractivity contribution >= 4 is 39.9 Å². The number of nitriles is 1. The third kappa shape index (κ3) is 2.80. The highest BCUT2D eigenvalue weighted by molar-refractivity contribution is 14.1. The van der Waals surface area contributed by atoms with Crippen molar-refractivity contribution in [1.82, 2.24) is 0 Å². The lowest BCUT2D eigenvalue weighted by Gasteiger charge is -2.14. The summed E-state index contributed by atoms with van der Waals surface area (Å²) in [6.07, 6.45) is 2.94. The first-order chi connectivity index (χ1) is 7.65. The quantitative estimate of drug-likeness (QED) is 0.835. The van der Waals surface area contributed by atoms with E-state index in [2.05, 4.69) is 34.0 Å². The highest BCUT2D eigenvalue weighted by Gasteiger charge is 2.42. The van der Waals surface area contributed by atoms with Gasteiger partial charge in [-0.25, -0.2) is 0 Å². The molecular weight excluding hydrogens is 335 g/mol. The minimum Gasteiger partial charge on any atom is -0.383 e. The summed E-state index contributed by atoms with van der Waals surface area (Å²) in [7, 11) is 0. The van der Waals surface area contributed by atoms with Crippen LogP contribution in [0.4, 0.5) is 5.69 Å². The van der Waals surface area contributed by atoms with Crippen molar-refractivity contribution in [2.24, 2.45) is 5.41 Å². The van der Waals surface area contributed by atoms with Gasteiger partial charge in [0.2, 0.25) is 0 Å². The van der Waals surface area contributed by atoms with Crippen molar-refractivity contribution in [1.29, 1.82) is 5.26 Å². The molecule has 0 amide bonds. The lowest BCUT2D eigenvalue weighted by atomic mass is 10.0. The molecule has 0 atom stereocenters. The monoisotopic (exact) mass is 346 g/mol. The molecular formula is C12H12ClIN2. The van der Waals surface area contributed by atoms with E-state index >= 15 is 0 Å². The lowest BCUT2D eigenvalue weighted by Crippen LogP contribution is -2.15. The van der Waals surface area contributed by atoms with E-state index in [4.69, 9.17) is 16.9 Å². The molecule has 1 aliphatic carbocycles. The number of halogens is 2. The standard InChI is InChI=1S/C12H12ClIN2/c13-10-7-9(14)1-2-11(10)16-8-12(3-4-12)5-6-15/h1-2,7,16H,3-5,8H2. The van der Waals surface area contributed by atoms with Crippen molar-refractivity contribution in [3.8, 4) is 6.07 Å². The number of nitrogens with one attached hydrogen (secondary N) is 1. The predicted molar refractivity (Wildman–Crippen MR) is 74.6 cm³/mol. The number of nitrogens with zero attached hydrogens (tertiary/aromatic N) is 1. The lowest BCUT2D eigenvalue weighted by molar-refractivity contribution is 0.557. The first-order valence-electron chi connectivity index (χ1n) is 5.21. The van der Waals surface area contributed by atoms with E-state index < -0.39 is 0 Å². The predicted octanol–water partition coefficient (Wildman–Crippen LogP) is 4.05. The molecule has 0 aromatic heterocycles. The summed E-state index contributed by atoms with van der Waals surface area (Å²) in [5.41, 5.74) is 1.17. The second-order valence-electron chi connectivity index (χ2n) is 4.31. The van der Waals surface area contributed by atoms with E-state index in [1.165, 1.54) is 0 Å². The topological polar surface area (TPSA) is 35.8 Å². The molecule has 1 aromatic rings. The zero-order chi connectivity index (χ0) is 11.6. The number of hydrogen-bond acceptors (Lipinski definition) is 2. The average Bonchev–Trinajstić information content (AvgIpc) is 2.98. The molecule has 0 radical (unpaired) electrons. The van der Waals surface area contributed by atoms with Crippen LogP contribution in [-0.4, -0.2) is 6.54 Å². The molecule has 1 aliphatic rings. The fraction of sp³-hybridized carbons (Fsp3) is 0.417. The number of benzene rings is 1. The van der Waals surface area contributed by atoms with Gasteiger partial charge in [0.25, 0.3) is 0 Å². The Balaban J connectivity index is 1.98. The van der Waals surface area contributed by atoms with Gasteiger partial charge in [-0.2, -0.15) is 5.26 Å². The minimum absolute atomic E-state index is 0.209. The summed E-state index contributed by atoms with van der Waals surface area (Å²) in [5.74, 6) is 0. The fourth-order valence-electron chi connectivity index (χ4n) is 1.68. The molecule has 4 heteroatoms. The highest BCUT2D eigenvalue weighted by Crippen LogP contribution is 2.48. The van der Waals surface area contributed by atoms with E-state index in [0.29, 0.717) is 6.42 Å². The van der Waals surface area contributed by atoms with Crippen molar-refractivity contribution in [3.05, 3.63) is 26.8 Å². The molecule has 0 aliphatic heterocycles. The molecule has 84 valence electrons. The SMILES string of the molecule is N#CCC1(CNc2ccc(I)cc2Cl)CC1. The molecule has 1 N–H and O–H groups in total. The van der Waals surface area contributed by atoms with Crippen molar-refractivity contribution in [2.75, 3.05) is 11.9 Å². The van der Waals surface area contributed by atoms with E-state index in [1.807, 2.05) is 18.2 Å². The molecule has 16 heavy (non-hydrogen) atoms. The van der Waals surface area contributed by atoms with Gasteiger partial charge in [0, 0.05) is 22.0 Å². The number of rotatable bonds is 4. The summed E-state index contributed by atoms with van der Waals surface area (Å²) in [6.45, 7) is 0.848. The van der Waals surface area contributed by atoms with Gasteiger partial charge in [0.1, 0.15) is 0 Å². The van der Waals surface area contributed by atoms with Crippen LogP contribution >= 0.6 is 34.2 Å². The van der Waals surface area contributed by atoms with Crippen LogP contribution in [0.3, 0.4) is 0 Å². The summed E-state index contributed by atoms with van der Waals surface area (Å²) in [4.78, 5) is 0. The van der Waals surface area contributed by atoms with Crippen LogP contribution < -0.4 is 5.32 Å². The van der Waals surface area contributed by atoms with Gasteiger partial charge in [0.05, 0.1) is 16.8 Å². The molecule has 1 aromatic carbocycles. The largest absolute Gasteiger partial charge is 0.383 e. The van der Waals surface area contributed by atoms with Crippen LogP contribution in [0.25, 0.3) is 0 Å². The van der Waals surface area contributed by atoms with Crippen molar-refractivity contribution in [3.63, 3.8) is 0 Å².